The molecule has 0 saturated carbocycles. The number of hydrogen-bond acceptors (Lipinski definition) is 4. The SMILES string of the molecule is CC1(C)c2ccccc2-n2c1nc1cc(-c3cccc(-c4nc(-c5ccccc5)c5oc6ccccc6c5n4)c3)ccc12. The Bertz CT molecular complexity index is 2380. The molecule has 0 bridgehead atoms. The third-order valence-corrected chi connectivity index (χ3v) is 8.75. The number of imidazole rings is 1. The Morgan fingerprint density at radius 2 is 1.37 bits per heavy atom. The maximum Gasteiger partial charge on any atom is 0.180 e. The van der Waals surface area contributed by atoms with Gasteiger partial charge in [0.15, 0.2) is 11.4 Å². The Labute approximate surface area is 248 Å². The van der Waals surface area contributed by atoms with Gasteiger partial charge in [-0.1, -0.05) is 84.9 Å². The van der Waals surface area contributed by atoms with E-state index in [2.05, 4.69) is 103 Å². The van der Waals surface area contributed by atoms with Crippen LogP contribution in [0, 0.1) is 0 Å². The number of aromatic nitrogens is 4. The van der Waals surface area contributed by atoms with Gasteiger partial charge in [0.25, 0.3) is 0 Å². The van der Waals surface area contributed by atoms with Crippen LogP contribution in [0.25, 0.3) is 72.6 Å². The molecule has 0 N–H and O–H groups in total. The van der Waals surface area contributed by atoms with Crippen molar-refractivity contribution >= 4 is 33.1 Å². The first kappa shape index (κ1) is 24.1. The minimum Gasteiger partial charge on any atom is -0.452 e. The van der Waals surface area contributed by atoms with Crippen molar-refractivity contribution in [2.45, 2.75) is 19.3 Å². The molecule has 5 aromatic carbocycles. The Morgan fingerprint density at radius 3 is 2.28 bits per heavy atom. The summed E-state index contributed by atoms with van der Waals surface area (Å²) in [5.41, 5.74) is 11.8. The van der Waals surface area contributed by atoms with E-state index in [9.17, 15) is 0 Å². The summed E-state index contributed by atoms with van der Waals surface area (Å²) in [4.78, 5) is 15.3. The molecule has 9 rings (SSSR count). The standard InChI is InChI=1S/C38H26N4O/c1-38(2)28-16-7-8-17-30(28)42-31-20-19-25(22-29(31)39-37(38)42)24-13-10-14-26(21-24)36-40-33(23-11-4-3-5-12-23)35-34(41-36)27-15-6-9-18-32(27)43-35/h3-22H,1-2H3. The average molecular weight is 555 g/mol. The van der Waals surface area contributed by atoms with E-state index in [0.717, 1.165) is 61.3 Å². The molecule has 0 aliphatic carbocycles. The number of para-hydroxylation sites is 2. The molecule has 43 heavy (non-hydrogen) atoms. The van der Waals surface area contributed by atoms with E-state index < -0.39 is 0 Å². The van der Waals surface area contributed by atoms with Gasteiger partial charge in [-0.15, -0.1) is 0 Å². The van der Waals surface area contributed by atoms with E-state index in [4.69, 9.17) is 19.4 Å². The third kappa shape index (κ3) is 3.48. The summed E-state index contributed by atoms with van der Waals surface area (Å²) < 4.78 is 8.60. The number of fused-ring (bicyclic) bond motifs is 8. The molecule has 0 fully saturated rings. The maximum atomic E-state index is 6.29. The molecule has 0 unspecified atom stereocenters. The van der Waals surface area contributed by atoms with Crippen LogP contribution in [0.5, 0.6) is 0 Å². The lowest BCUT2D eigenvalue weighted by atomic mass is 9.86. The number of benzene rings is 5. The maximum absolute atomic E-state index is 6.29. The summed E-state index contributed by atoms with van der Waals surface area (Å²) in [6.45, 7) is 4.51. The van der Waals surface area contributed by atoms with Gasteiger partial charge in [-0.25, -0.2) is 15.0 Å². The van der Waals surface area contributed by atoms with Crippen LogP contribution in [0.4, 0.5) is 0 Å². The van der Waals surface area contributed by atoms with E-state index in [1.165, 1.54) is 11.3 Å². The van der Waals surface area contributed by atoms with Crippen LogP contribution in [0.1, 0.15) is 25.2 Å². The molecule has 0 saturated heterocycles. The van der Waals surface area contributed by atoms with Crippen molar-refractivity contribution in [1.82, 2.24) is 19.5 Å². The van der Waals surface area contributed by atoms with Crippen molar-refractivity contribution < 1.29 is 4.42 Å². The van der Waals surface area contributed by atoms with Crippen molar-refractivity contribution in [2.24, 2.45) is 0 Å². The molecule has 1 aliphatic rings. The first-order chi connectivity index (χ1) is 21.1. The zero-order valence-corrected chi connectivity index (χ0v) is 23.7. The summed E-state index contributed by atoms with van der Waals surface area (Å²) in [6.07, 6.45) is 0. The Balaban J connectivity index is 1.19. The highest BCUT2D eigenvalue weighted by Crippen LogP contribution is 2.44. The molecule has 1 aliphatic heterocycles. The zero-order valence-electron chi connectivity index (χ0n) is 23.7. The quantitative estimate of drug-likeness (QED) is 0.218. The van der Waals surface area contributed by atoms with Gasteiger partial charge in [0.05, 0.1) is 22.1 Å². The third-order valence-electron chi connectivity index (χ3n) is 8.75. The van der Waals surface area contributed by atoms with Gasteiger partial charge in [-0.3, -0.25) is 4.57 Å². The normalized spacial score (nSPS) is 13.5. The summed E-state index contributed by atoms with van der Waals surface area (Å²) in [5.74, 6) is 1.75. The number of nitrogens with zero attached hydrogens (tertiary/aromatic N) is 4. The van der Waals surface area contributed by atoms with Crippen LogP contribution >= 0.6 is 0 Å². The molecule has 204 valence electrons. The fraction of sp³-hybridized carbons (Fsp3) is 0.0789. The second-order valence-corrected chi connectivity index (χ2v) is 11.7. The average Bonchev–Trinajstić information content (AvgIpc) is 3.69. The topological polar surface area (TPSA) is 56.7 Å². The second kappa shape index (κ2) is 8.73. The van der Waals surface area contributed by atoms with Gasteiger partial charge >= 0.3 is 0 Å². The van der Waals surface area contributed by atoms with Gasteiger partial charge in [-0.2, -0.15) is 0 Å². The first-order valence-electron chi connectivity index (χ1n) is 14.5. The molecular formula is C38H26N4O. The second-order valence-electron chi connectivity index (χ2n) is 11.7. The van der Waals surface area contributed by atoms with Gasteiger partial charge in [0, 0.05) is 16.5 Å². The van der Waals surface area contributed by atoms with E-state index >= 15 is 0 Å². The molecule has 8 aromatic rings. The van der Waals surface area contributed by atoms with E-state index in [0.29, 0.717) is 11.4 Å². The molecule has 5 heteroatoms. The highest BCUT2D eigenvalue weighted by molar-refractivity contribution is 6.07. The summed E-state index contributed by atoms with van der Waals surface area (Å²) >= 11 is 0. The summed E-state index contributed by atoms with van der Waals surface area (Å²) in [5, 5.41) is 0.984. The van der Waals surface area contributed by atoms with Crippen molar-refractivity contribution in [1.29, 1.82) is 0 Å². The largest absolute Gasteiger partial charge is 0.452 e. The molecular weight excluding hydrogens is 528 g/mol. The van der Waals surface area contributed by atoms with Crippen molar-refractivity contribution in [3.63, 3.8) is 0 Å². The van der Waals surface area contributed by atoms with Crippen LogP contribution < -0.4 is 0 Å². The lowest BCUT2D eigenvalue weighted by molar-refractivity contribution is 0.621. The molecule has 0 atom stereocenters. The van der Waals surface area contributed by atoms with Crippen LogP contribution in [0.3, 0.4) is 0 Å². The van der Waals surface area contributed by atoms with E-state index in [1.54, 1.807) is 0 Å². The zero-order chi connectivity index (χ0) is 28.7. The van der Waals surface area contributed by atoms with E-state index in [1.807, 2.05) is 36.4 Å². The molecule has 5 nitrogen and oxygen atoms in total. The number of rotatable bonds is 3. The molecule has 4 heterocycles. The smallest absolute Gasteiger partial charge is 0.180 e. The van der Waals surface area contributed by atoms with Crippen molar-refractivity contribution in [2.75, 3.05) is 0 Å². The van der Waals surface area contributed by atoms with Gasteiger partial charge in [-0.05, 0) is 66.9 Å². The lowest BCUT2D eigenvalue weighted by Gasteiger charge is -2.17. The van der Waals surface area contributed by atoms with Crippen LogP contribution in [0.15, 0.2) is 126 Å². The first-order valence-corrected chi connectivity index (χ1v) is 14.5. The predicted molar refractivity (Wildman–Crippen MR) is 172 cm³/mol. The highest BCUT2D eigenvalue weighted by atomic mass is 16.3. The van der Waals surface area contributed by atoms with Crippen LogP contribution in [-0.4, -0.2) is 19.5 Å². The van der Waals surface area contributed by atoms with E-state index in [-0.39, 0.29) is 5.41 Å². The predicted octanol–water partition coefficient (Wildman–Crippen LogP) is 9.36. The van der Waals surface area contributed by atoms with Crippen LogP contribution in [-0.2, 0) is 5.41 Å². The summed E-state index contributed by atoms with van der Waals surface area (Å²) in [6, 6.07) is 41.9. The fourth-order valence-electron chi connectivity index (χ4n) is 6.59. The van der Waals surface area contributed by atoms with Gasteiger partial charge < -0.3 is 4.42 Å². The number of hydrogen-bond donors (Lipinski definition) is 0. The molecule has 3 aromatic heterocycles. The Hall–Kier alpha value is -5.55. The van der Waals surface area contributed by atoms with Crippen molar-refractivity contribution in [3.05, 3.63) is 133 Å². The molecule has 0 spiro atoms. The number of furan rings is 1. The van der Waals surface area contributed by atoms with Gasteiger partial charge in [0.2, 0.25) is 0 Å². The monoisotopic (exact) mass is 554 g/mol. The Morgan fingerprint density at radius 1 is 0.628 bits per heavy atom. The minimum absolute atomic E-state index is 0.153. The fourth-order valence-corrected chi connectivity index (χ4v) is 6.59. The molecule has 0 amide bonds. The summed E-state index contributed by atoms with van der Waals surface area (Å²) in [7, 11) is 0. The lowest BCUT2D eigenvalue weighted by Crippen LogP contribution is -2.16. The van der Waals surface area contributed by atoms with Gasteiger partial charge in [0.1, 0.15) is 22.6 Å². The molecule has 0 radical (unpaired) electrons. The highest BCUT2D eigenvalue weighted by Gasteiger charge is 2.38. The Kier molecular flexibility index (Phi) is 4.89. The van der Waals surface area contributed by atoms with Crippen LogP contribution in [0.2, 0.25) is 0 Å². The minimum atomic E-state index is -0.153. The van der Waals surface area contributed by atoms with Crippen molar-refractivity contribution in [3.8, 4) is 39.5 Å².